The number of rotatable bonds is 2. The van der Waals surface area contributed by atoms with E-state index in [-0.39, 0.29) is 12.0 Å². The fourth-order valence-corrected chi connectivity index (χ4v) is 1.62. The molecule has 0 heterocycles. The van der Waals surface area contributed by atoms with E-state index < -0.39 is 36.0 Å². The van der Waals surface area contributed by atoms with Crippen LogP contribution in [0.5, 0.6) is 0 Å². The highest BCUT2D eigenvalue weighted by atomic mass is 19.3. The molecule has 0 saturated heterocycles. The fourth-order valence-electron chi connectivity index (χ4n) is 1.62. The minimum Gasteiger partial charge on any atom is -0.478 e. The maximum Gasteiger partial charge on any atom is 0.408 e. The topological polar surface area (TPSA) is 75.6 Å². The first kappa shape index (κ1) is 15.4. The van der Waals surface area contributed by atoms with Gasteiger partial charge in [0, 0.05) is 12.0 Å². The van der Waals surface area contributed by atoms with Gasteiger partial charge in [-0.3, -0.25) is 0 Å². The smallest absolute Gasteiger partial charge is 0.408 e. The molecule has 0 bridgehead atoms. The highest BCUT2D eigenvalue weighted by Gasteiger charge is 2.43. The Labute approximate surface area is 109 Å². The summed E-state index contributed by atoms with van der Waals surface area (Å²) in [7, 11) is 0. The quantitative estimate of drug-likeness (QED) is 0.812. The van der Waals surface area contributed by atoms with Gasteiger partial charge in [0.15, 0.2) is 0 Å². The molecule has 0 aromatic rings. The third kappa shape index (κ3) is 4.50. The summed E-state index contributed by atoms with van der Waals surface area (Å²) in [6.07, 6.45) is -0.976. The summed E-state index contributed by atoms with van der Waals surface area (Å²) < 4.78 is 32.1. The first-order valence-corrected chi connectivity index (χ1v) is 5.82. The first-order valence-electron chi connectivity index (χ1n) is 5.82. The van der Waals surface area contributed by atoms with Gasteiger partial charge in [0.25, 0.3) is 5.92 Å². The van der Waals surface area contributed by atoms with E-state index in [0.29, 0.717) is 0 Å². The zero-order valence-corrected chi connectivity index (χ0v) is 11.0. The Bertz CT molecular complexity index is 412. The van der Waals surface area contributed by atoms with Crippen LogP contribution in [0.1, 0.15) is 33.6 Å². The lowest BCUT2D eigenvalue weighted by atomic mass is 9.92. The molecule has 0 aliphatic heterocycles. The van der Waals surface area contributed by atoms with Crippen molar-refractivity contribution in [2.75, 3.05) is 0 Å². The molecule has 0 radical (unpaired) electrons. The van der Waals surface area contributed by atoms with Crippen LogP contribution in [0.15, 0.2) is 11.6 Å². The minimum atomic E-state index is -3.18. The van der Waals surface area contributed by atoms with E-state index in [1.807, 2.05) is 5.32 Å². The van der Waals surface area contributed by atoms with E-state index >= 15 is 0 Å². The van der Waals surface area contributed by atoms with Crippen LogP contribution in [0.2, 0.25) is 0 Å². The summed E-state index contributed by atoms with van der Waals surface area (Å²) in [4.78, 5) is 22.2. The summed E-state index contributed by atoms with van der Waals surface area (Å²) in [5.74, 6) is -4.44. The SMILES string of the molecule is CC(C)(C)OC(=O)NC1C=C(C(=O)O)CCC1(F)F. The van der Waals surface area contributed by atoms with E-state index in [0.717, 1.165) is 6.08 Å². The molecule has 7 heteroatoms. The number of carbonyl (C=O) groups excluding carboxylic acids is 1. The Kier molecular flexibility index (Phi) is 4.17. The summed E-state index contributed by atoms with van der Waals surface area (Å²) in [5, 5.41) is 10.8. The maximum atomic E-state index is 13.6. The number of amides is 1. The molecular weight excluding hydrogens is 260 g/mol. The molecule has 2 N–H and O–H groups in total. The summed E-state index contributed by atoms with van der Waals surface area (Å²) in [6.45, 7) is 4.80. The Morgan fingerprint density at radius 3 is 2.53 bits per heavy atom. The van der Waals surface area contributed by atoms with Gasteiger partial charge < -0.3 is 15.2 Å². The molecule has 0 spiro atoms. The summed E-state index contributed by atoms with van der Waals surface area (Å²) >= 11 is 0. The molecule has 1 amide bonds. The number of carboxylic acids is 1. The summed E-state index contributed by atoms with van der Waals surface area (Å²) in [6, 6.07) is -1.66. The molecule has 5 nitrogen and oxygen atoms in total. The van der Waals surface area contributed by atoms with Gasteiger partial charge >= 0.3 is 12.1 Å². The number of nitrogens with one attached hydrogen (secondary N) is 1. The standard InChI is InChI=1S/C12H17F2NO4/c1-11(2,3)19-10(18)15-8-6-7(9(16)17)4-5-12(8,13)14/h6,8H,4-5H2,1-3H3,(H,15,18)(H,16,17). The van der Waals surface area contributed by atoms with Crippen LogP contribution in [0.4, 0.5) is 13.6 Å². The van der Waals surface area contributed by atoms with Gasteiger partial charge in [-0.1, -0.05) is 0 Å². The molecule has 108 valence electrons. The fraction of sp³-hybridized carbons (Fsp3) is 0.667. The maximum absolute atomic E-state index is 13.6. The van der Waals surface area contributed by atoms with Crippen molar-refractivity contribution in [2.45, 2.75) is 51.2 Å². The van der Waals surface area contributed by atoms with Crippen LogP contribution in [-0.2, 0) is 9.53 Å². The molecular formula is C12H17F2NO4. The third-order valence-electron chi connectivity index (χ3n) is 2.50. The molecule has 19 heavy (non-hydrogen) atoms. The van der Waals surface area contributed by atoms with Crippen molar-refractivity contribution < 1.29 is 28.2 Å². The molecule has 1 aliphatic rings. The Morgan fingerprint density at radius 1 is 1.47 bits per heavy atom. The molecule has 0 fully saturated rings. The second kappa shape index (κ2) is 5.14. The van der Waals surface area contributed by atoms with Crippen LogP contribution in [0.25, 0.3) is 0 Å². The normalized spacial score (nSPS) is 22.4. The van der Waals surface area contributed by atoms with Crippen molar-refractivity contribution in [3.8, 4) is 0 Å². The molecule has 1 unspecified atom stereocenters. The van der Waals surface area contributed by atoms with Crippen LogP contribution >= 0.6 is 0 Å². The number of ether oxygens (including phenoxy) is 1. The van der Waals surface area contributed by atoms with Crippen molar-refractivity contribution in [1.29, 1.82) is 0 Å². The monoisotopic (exact) mass is 277 g/mol. The highest BCUT2D eigenvalue weighted by molar-refractivity contribution is 5.87. The number of carboxylic acid groups (broad SMARTS) is 1. The Morgan fingerprint density at radius 2 is 2.05 bits per heavy atom. The van der Waals surface area contributed by atoms with E-state index in [2.05, 4.69) is 0 Å². The molecule has 0 saturated carbocycles. The lowest BCUT2D eigenvalue weighted by Crippen LogP contribution is -2.49. The molecule has 0 aromatic carbocycles. The largest absolute Gasteiger partial charge is 0.478 e. The van der Waals surface area contributed by atoms with Gasteiger partial charge in [0.2, 0.25) is 0 Å². The van der Waals surface area contributed by atoms with Crippen molar-refractivity contribution >= 4 is 12.1 Å². The van der Waals surface area contributed by atoms with Gasteiger partial charge in [0.1, 0.15) is 11.6 Å². The Balaban J connectivity index is 2.80. The number of hydrogen-bond acceptors (Lipinski definition) is 3. The second-order valence-corrected chi connectivity index (χ2v) is 5.38. The predicted octanol–water partition coefficient (Wildman–Crippen LogP) is 2.32. The van der Waals surface area contributed by atoms with Crippen molar-refractivity contribution in [1.82, 2.24) is 5.32 Å². The minimum absolute atomic E-state index is 0.132. The second-order valence-electron chi connectivity index (χ2n) is 5.38. The van der Waals surface area contributed by atoms with Crippen LogP contribution < -0.4 is 5.32 Å². The number of aliphatic carboxylic acids is 1. The van der Waals surface area contributed by atoms with Crippen molar-refractivity contribution in [2.24, 2.45) is 0 Å². The van der Waals surface area contributed by atoms with Crippen LogP contribution in [0.3, 0.4) is 0 Å². The third-order valence-corrected chi connectivity index (χ3v) is 2.50. The number of alkyl carbamates (subject to hydrolysis) is 1. The summed E-state index contributed by atoms with van der Waals surface area (Å²) in [5.41, 5.74) is -0.945. The zero-order valence-electron chi connectivity index (χ0n) is 11.0. The number of alkyl halides is 2. The van der Waals surface area contributed by atoms with E-state index in [4.69, 9.17) is 9.84 Å². The van der Waals surface area contributed by atoms with Gasteiger partial charge in [0.05, 0.1) is 0 Å². The van der Waals surface area contributed by atoms with E-state index in [1.54, 1.807) is 20.8 Å². The number of carbonyl (C=O) groups is 2. The Hall–Kier alpha value is -1.66. The van der Waals surface area contributed by atoms with E-state index in [9.17, 15) is 18.4 Å². The van der Waals surface area contributed by atoms with Crippen molar-refractivity contribution in [3.05, 3.63) is 11.6 Å². The van der Waals surface area contributed by atoms with Gasteiger partial charge in [-0.15, -0.1) is 0 Å². The average Bonchev–Trinajstić information content (AvgIpc) is 2.17. The molecule has 1 aliphatic carbocycles. The molecule has 1 atom stereocenters. The first-order chi connectivity index (χ1) is 8.51. The van der Waals surface area contributed by atoms with Gasteiger partial charge in [-0.25, -0.2) is 18.4 Å². The highest BCUT2D eigenvalue weighted by Crippen LogP contribution is 2.33. The number of halogens is 2. The van der Waals surface area contributed by atoms with E-state index in [1.165, 1.54) is 0 Å². The van der Waals surface area contributed by atoms with Crippen LogP contribution in [-0.4, -0.2) is 34.7 Å². The molecule has 0 aromatic heterocycles. The lowest BCUT2D eigenvalue weighted by molar-refractivity contribution is -0.133. The number of hydrogen-bond donors (Lipinski definition) is 2. The average molecular weight is 277 g/mol. The molecule has 1 rings (SSSR count). The lowest BCUT2D eigenvalue weighted by Gasteiger charge is -2.30. The van der Waals surface area contributed by atoms with Gasteiger partial charge in [-0.2, -0.15) is 0 Å². The van der Waals surface area contributed by atoms with Crippen molar-refractivity contribution in [3.63, 3.8) is 0 Å². The van der Waals surface area contributed by atoms with Gasteiger partial charge in [-0.05, 0) is 33.3 Å². The van der Waals surface area contributed by atoms with Crippen LogP contribution in [0, 0.1) is 0 Å². The predicted molar refractivity (Wildman–Crippen MR) is 63.1 cm³/mol. The zero-order chi connectivity index (χ0) is 14.8.